The molecule has 0 aliphatic rings. The van der Waals surface area contributed by atoms with E-state index in [0.29, 0.717) is 23.5 Å². The Morgan fingerprint density at radius 2 is 1.87 bits per heavy atom. The number of nitrogens with zero attached hydrogens (tertiary/aromatic N) is 4. The van der Waals surface area contributed by atoms with Gasteiger partial charge in [0.15, 0.2) is 11.2 Å². The van der Waals surface area contributed by atoms with Crippen molar-refractivity contribution in [3.63, 3.8) is 0 Å². The second-order valence-corrected chi connectivity index (χ2v) is 9.68. The minimum absolute atomic E-state index is 0.273. The fraction of sp³-hybridized carbons (Fsp3) is 0.455. The first kappa shape index (κ1) is 23.0. The normalized spacial score (nSPS) is 12.9. The zero-order chi connectivity index (χ0) is 23.1. The van der Waals surface area contributed by atoms with Crippen molar-refractivity contribution in [1.29, 1.82) is 0 Å². The molecule has 9 heteroatoms. The van der Waals surface area contributed by atoms with E-state index in [4.69, 9.17) is 4.74 Å². The molecule has 0 saturated carbocycles. The Hall–Kier alpha value is -2.68. The Labute approximate surface area is 188 Å². The van der Waals surface area contributed by atoms with E-state index in [1.54, 1.807) is 18.5 Å². The number of rotatable bonds is 5. The lowest BCUT2D eigenvalue weighted by Gasteiger charge is -2.22. The van der Waals surface area contributed by atoms with Crippen molar-refractivity contribution in [2.45, 2.75) is 46.3 Å². The van der Waals surface area contributed by atoms with Crippen LogP contribution in [0.3, 0.4) is 0 Å². The van der Waals surface area contributed by atoms with Crippen LogP contribution in [0.4, 0.5) is 0 Å². The summed E-state index contributed by atoms with van der Waals surface area (Å²) in [5.74, 6) is -0.264. The molecule has 0 bridgehead atoms. The molecule has 0 aliphatic carbocycles. The lowest BCUT2D eigenvalue weighted by Crippen LogP contribution is -2.37. The van der Waals surface area contributed by atoms with Crippen molar-refractivity contribution >= 4 is 33.1 Å². The molecule has 3 rings (SSSR count). The molecule has 166 valence electrons. The highest BCUT2D eigenvalue weighted by atomic mass is 79.9. The van der Waals surface area contributed by atoms with Crippen LogP contribution in [0.5, 0.6) is 0 Å². The summed E-state index contributed by atoms with van der Waals surface area (Å²) >= 11 is 3.47. The average molecular weight is 491 g/mol. The van der Waals surface area contributed by atoms with Crippen molar-refractivity contribution in [2.75, 3.05) is 0 Å². The second-order valence-electron chi connectivity index (χ2n) is 8.76. The molecule has 0 aliphatic heterocycles. The van der Waals surface area contributed by atoms with E-state index in [1.807, 2.05) is 45.0 Å². The number of aryl methyl sites for hydroxylation is 1. The Balaban J connectivity index is 2.14. The van der Waals surface area contributed by atoms with Crippen LogP contribution >= 0.6 is 15.9 Å². The molecule has 0 radical (unpaired) electrons. The van der Waals surface area contributed by atoms with Gasteiger partial charge in [0.05, 0.1) is 5.92 Å². The van der Waals surface area contributed by atoms with Crippen LogP contribution in [0.25, 0.3) is 11.2 Å². The Bertz CT molecular complexity index is 1260. The summed E-state index contributed by atoms with van der Waals surface area (Å²) in [5, 5.41) is 0. The number of imidazole rings is 1. The molecule has 3 aromatic rings. The van der Waals surface area contributed by atoms with Gasteiger partial charge in [-0.15, -0.1) is 0 Å². The highest BCUT2D eigenvalue weighted by Crippen LogP contribution is 2.20. The molecule has 0 spiro atoms. The van der Waals surface area contributed by atoms with Gasteiger partial charge in [0, 0.05) is 31.5 Å². The highest BCUT2D eigenvalue weighted by Gasteiger charge is 2.26. The molecule has 1 atom stereocenters. The maximum absolute atomic E-state index is 13.0. The smallest absolute Gasteiger partial charge is 0.332 e. The quantitative estimate of drug-likeness (QED) is 0.513. The summed E-state index contributed by atoms with van der Waals surface area (Å²) in [4.78, 5) is 42.6. The van der Waals surface area contributed by atoms with Gasteiger partial charge in [0.2, 0.25) is 0 Å². The third-order valence-corrected chi connectivity index (χ3v) is 5.45. The first-order valence-corrected chi connectivity index (χ1v) is 10.8. The first-order chi connectivity index (χ1) is 14.4. The zero-order valence-corrected chi connectivity index (χ0v) is 20.2. The molecule has 31 heavy (non-hydrogen) atoms. The van der Waals surface area contributed by atoms with Crippen LogP contribution in [0.15, 0.2) is 38.3 Å². The molecule has 2 heterocycles. The van der Waals surface area contributed by atoms with E-state index in [9.17, 15) is 14.4 Å². The van der Waals surface area contributed by atoms with Crippen LogP contribution in [0, 0.1) is 5.92 Å². The van der Waals surface area contributed by atoms with Crippen molar-refractivity contribution in [2.24, 2.45) is 20.0 Å². The maximum Gasteiger partial charge on any atom is 0.332 e. The summed E-state index contributed by atoms with van der Waals surface area (Å²) in [6.07, 6.45) is 0.273. The number of carbonyl (C=O) groups excluding carboxylic acids is 1. The minimum atomic E-state index is -0.596. The van der Waals surface area contributed by atoms with Gasteiger partial charge in [-0.3, -0.25) is 18.7 Å². The van der Waals surface area contributed by atoms with Crippen molar-refractivity contribution in [1.82, 2.24) is 18.7 Å². The predicted octanol–water partition coefficient (Wildman–Crippen LogP) is 2.76. The number of halogens is 1. The van der Waals surface area contributed by atoms with Crippen LogP contribution in [-0.4, -0.2) is 30.3 Å². The van der Waals surface area contributed by atoms with Gasteiger partial charge in [-0.2, -0.15) is 0 Å². The Kier molecular flexibility index (Phi) is 6.27. The molecule has 0 amide bonds. The van der Waals surface area contributed by atoms with Gasteiger partial charge >= 0.3 is 11.7 Å². The van der Waals surface area contributed by atoms with Crippen molar-refractivity contribution in [3.8, 4) is 0 Å². The lowest BCUT2D eigenvalue weighted by atomic mass is 10.1. The number of carbonyl (C=O) groups is 1. The molecule has 0 fully saturated rings. The number of fused-ring (bicyclic) bond motifs is 1. The molecule has 1 aromatic carbocycles. The number of benzene rings is 1. The van der Waals surface area contributed by atoms with Crippen LogP contribution in [-0.2, 0) is 36.6 Å². The van der Waals surface area contributed by atoms with Gasteiger partial charge in [-0.25, -0.2) is 9.78 Å². The summed E-state index contributed by atoms with van der Waals surface area (Å²) < 4.78 is 10.6. The molecular formula is C22H27BrN4O4. The topological polar surface area (TPSA) is 88.1 Å². The molecule has 2 aromatic heterocycles. The van der Waals surface area contributed by atoms with E-state index in [1.165, 1.54) is 11.6 Å². The number of hydrogen-bond acceptors (Lipinski definition) is 5. The lowest BCUT2D eigenvalue weighted by molar-refractivity contribution is -0.159. The highest BCUT2D eigenvalue weighted by molar-refractivity contribution is 9.10. The largest absolute Gasteiger partial charge is 0.460 e. The Morgan fingerprint density at radius 1 is 1.19 bits per heavy atom. The van der Waals surface area contributed by atoms with Crippen LogP contribution < -0.4 is 11.2 Å². The van der Waals surface area contributed by atoms with E-state index in [-0.39, 0.29) is 12.4 Å². The number of aromatic nitrogens is 4. The van der Waals surface area contributed by atoms with Gasteiger partial charge in [0.25, 0.3) is 5.56 Å². The number of ether oxygens (including phenoxy) is 1. The average Bonchev–Trinajstić information content (AvgIpc) is 3.01. The van der Waals surface area contributed by atoms with E-state index >= 15 is 0 Å². The van der Waals surface area contributed by atoms with E-state index < -0.39 is 22.8 Å². The summed E-state index contributed by atoms with van der Waals surface area (Å²) in [5.41, 5.74) is 0.121. The molecule has 0 saturated heterocycles. The monoisotopic (exact) mass is 490 g/mol. The van der Waals surface area contributed by atoms with E-state index in [0.717, 1.165) is 14.6 Å². The first-order valence-electron chi connectivity index (χ1n) is 10.0. The van der Waals surface area contributed by atoms with Crippen molar-refractivity contribution < 1.29 is 9.53 Å². The van der Waals surface area contributed by atoms with E-state index in [2.05, 4.69) is 20.9 Å². The zero-order valence-electron chi connectivity index (χ0n) is 18.6. The minimum Gasteiger partial charge on any atom is -0.460 e. The van der Waals surface area contributed by atoms with Crippen molar-refractivity contribution in [3.05, 3.63) is 61.0 Å². The van der Waals surface area contributed by atoms with Crippen LogP contribution in [0.2, 0.25) is 0 Å². The summed E-state index contributed by atoms with van der Waals surface area (Å²) in [6.45, 7) is 7.60. The van der Waals surface area contributed by atoms with Gasteiger partial charge in [-0.05, 0) is 38.5 Å². The Morgan fingerprint density at radius 3 is 2.48 bits per heavy atom. The fourth-order valence-corrected chi connectivity index (χ4v) is 3.84. The number of hydrogen-bond donors (Lipinski definition) is 0. The fourth-order valence-electron chi connectivity index (χ4n) is 3.40. The summed E-state index contributed by atoms with van der Waals surface area (Å²) in [7, 11) is 3.03. The molecular weight excluding hydrogens is 464 g/mol. The molecule has 1 unspecified atom stereocenters. The number of esters is 1. The van der Waals surface area contributed by atoms with Gasteiger partial charge in [-0.1, -0.05) is 35.0 Å². The van der Waals surface area contributed by atoms with Crippen LogP contribution in [0.1, 0.15) is 39.1 Å². The predicted molar refractivity (Wildman–Crippen MR) is 122 cm³/mol. The standard InChI is InChI=1S/C22H27BrN4O4/c1-13(20(29)31-22(2,3)4)10-16-24-18-17(19(28)26(6)21(30)25(18)5)27(16)12-14-8-7-9-15(23)11-14/h7-9,11,13H,10,12H2,1-6H3. The molecule has 8 nitrogen and oxygen atoms in total. The third kappa shape index (κ3) is 4.81. The third-order valence-electron chi connectivity index (χ3n) is 4.95. The maximum atomic E-state index is 13.0. The SMILES string of the molecule is CC(Cc1nc2c(c(=O)n(C)c(=O)n2C)n1Cc1cccc(Br)c1)C(=O)OC(C)(C)C. The summed E-state index contributed by atoms with van der Waals surface area (Å²) in [6, 6.07) is 7.74. The molecule has 0 N–H and O–H groups in total. The van der Waals surface area contributed by atoms with Gasteiger partial charge in [0.1, 0.15) is 11.4 Å². The van der Waals surface area contributed by atoms with Gasteiger partial charge < -0.3 is 9.30 Å². The second kappa shape index (κ2) is 8.45.